The third-order valence-corrected chi connectivity index (χ3v) is 7.12. The van der Waals surface area contributed by atoms with Gasteiger partial charge in [0.25, 0.3) is 0 Å². The molecule has 2 aromatic rings. The fourth-order valence-corrected chi connectivity index (χ4v) is 5.25. The van der Waals surface area contributed by atoms with Crippen molar-refractivity contribution >= 4 is 17.7 Å². The molecule has 1 saturated heterocycles. The van der Waals surface area contributed by atoms with Crippen molar-refractivity contribution in [1.82, 2.24) is 0 Å². The van der Waals surface area contributed by atoms with Crippen LogP contribution in [0.1, 0.15) is 25.0 Å². The predicted octanol–water partition coefficient (Wildman–Crippen LogP) is 3.80. The summed E-state index contributed by atoms with van der Waals surface area (Å²) < 4.78 is 30.0. The van der Waals surface area contributed by atoms with Gasteiger partial charge in [-0.1, -0.05) is 60.7 Å². The fraction of sp³-hybridized carbons (Fsp3) is 0.423. The number of aliphatic hydroxyl groups is 1. The van der Waals surface area contributed by atoms with Crippen LogP contribution in [-0.2, 0) is 41.7 Å². The molecule has 2 aliphatic rings. The quantitative estimate of drug-likeness (QED) is 0.536. The Bertz CT molecular complexity index is 966. The summed E-state index contributed by atoms with van der Waals surface area (Å²) >= 11 is 1.32. The smallest absolute Gasteiger partial charge is 0.348 e. The van der Waals surface area contributed by atoms with Crippen molar-refractivity contribution in [2.75, 3.05) is 13.2 Å². The van der Waals surface area contributed by atoms with Gasteiger partial charge in [0.2, 0.25) is 6.29 Å². The Morgan fingerprint density at radius 3 is 2.12 bits per heavy atom. The van der Waals surface area contributed by atoms with Crippen molar-refractivity contribution < 1.29 is 33.6 Å². The zero-order valence-electron chi connectivity index (χ0n) is 19.3. The minimum Gasteiger partial charge on any atom is -0.467 e. The van der Waals surface area contributed by atoms with Crippen LogP contribution in [0.4, 0.5) is 0 Å². The summed E-state index contributed by atoms with van der Waals surface area (Å²) in [6.45, 7) is 4.17. The number of ether oxygens (including phenoxy) is 5. The average molecular weight is 487 g/mol. The summed E-state index contributed by atoms with van der Waals surface area (Å²) in [5, 5.41) is 9.73. The number of hydrogen-bond acceptors (Lipinski definition) is 8. The van der Waals surface area contributed by atoms with Gasteiger partial charge in [0.1, 0.15) is 34.2 Å². The van der Waals surface area contributed by atoms with Crippen LogP contribution in [0.3, 0.4) is 0 Å². The highest BCUT2D eigenvalue weighted by molar-refractivity contribution is 8.04. The van der Waals surface area contributed by atoms with Gasteiger partial charge in [0, 0.05) is 0 Å². The molecule has 4 rings (SSSR count). The molecule has 2 aliphatic heterocycles. The van der Waals surface area contributed by atoms with E-state index in [1.807, 2.05) is 60.7 Å². The number of carbonyl (C=O) groups is 1. The van der Waals surface area contributed by atoms with E-state index in [1.165, 1.54) is 11.8 Å². The van der Waals surface area contributed by atoms with Gasteiger partial charge < -0.3 is 28.8 Å². The molecule has 0 amide bonds. The predicted molar refractivity (Wildman–Crippen MR) is 128 cm³/mol. The van der Waals surface area contributed by atoms with Crippen molar-refractivity contribution in [2.24, 2.45) is 0 Å². The molecule has 0 saturated carbocycles. The van der Waals surface area contributed by atoms with E-state index in [9.17, 15) is 9.90 Å². The van der Waals surface area contributed by atoms with E-state index in [-0.39, 0.29) is 13.2 Å². The molecular formula is C26H30O7S. The van der Waals surface area contributed by atoms with Crippen molar-refractivity contribution in [3.8, 4) is 0 Å². The van der Waals surface area contributed by atoms with Crippen molar-refractivity contribution in [1.29, 1.82) is 0 Å². The molecule has 0 radical (unpaired) electrons. The first-order chi connectivity index (χ1) is 16.6. The molecule has 0 aromatic heterocycles. The van der Waals surface area contributed by atoms with E-state index < -0.39 is 35.8 Å². The Hall–Kier alpha value is -2.36. The van der Waals surface area contributed by atoms with E-state index in [1.54, 1.807) is 13.8 Å². The van der Waals surface area contributed by atoms with Crippen LogP contribution in [0.15, 0.2) is 71.3 Å². The number of fused-ring (bicyclic) bond motifs is 1. The first-order valence-corrected chi connectivity index (χ1v) is 12.3. The SMILES string of the molecule is CCOC(=O)C1=C(C)OC2OC(CO)C(OCc3ccccc3)C(OCc3ccccc3)C2S1. The number of allylic oxidation sites excluding steroid dienone is 1. The highest BCUT2D eigenvalue weighted by atomic mass is 32.2. The third-order valence-electron chi connectivity index (χ3n) is 5.67. The normalized spacial score (nSPS) is 26.5. The molecule has 8 heteroatoms. The second kappa shape index (κ2) is 11.9. The number of benzene rings is 2. The standard InChI is InChI=1S/C26H30O7S/c1-3-29-25(28)23-17(2)32-26-24(34-23)22(31-16-19-12-8-5-9-13-19)21(20(14-27)33-26)30-15-18-10-6-4-7-11-18/h4-13,20-22,24,26-27H,3,14-16H2,1-2H3. The van der Waals surface area contributed by atoms with Crippen LogP contribution < -0.4 is 0 Å². The number of esters is 1. The lowest BCUT2D eigenvalue weighted by Crippen LogP contribution is -2.60. The molecule has 2 aromatic carbocycles. The Morgan fingerprint density at radius 2 is 1.56 bits per heavy atom. The van der Waals surface area contributed by atoms with E-state index in [0.29, 0.717) is 23.9 Å². The molecule has 34 heavy (non-hydrogen) atoms. The average Bonchev–Trinajstić information content (AvgIpc) is 2.86. The van der Waals surface area contributed by atoms with Crippen LogP contribution in [-0.4, -0.2) is 54.1 Å². The molecule has 5 atom stereocenters. The van der Waals surface area contributed by atoms with Crippen molar-refractivity contribution in [3.63, 3.8) is 0 Å². The van der Waals surface area contributed by atoms with E-state index in [2.05, 4.69) is 0 Å². The summed E-state index contributed by atoms with van der Waals surface area (Å²) in [5.41, 5.74) is 2.01. The van der Waals surface area contributed by atoms with Crippen LogP contribution in [0.5, 0.6) is 0 Å². The summed E-state index contributed by atoms with van der Waals surface area (Å²) in [4.78, 5) is 12.9. The number of hydrogen-bond donors (Lipinski definition) is 1. The molecule has 1 N–H and O–H groups in total. The topological polar surface area (TPSA) is 83.5 Å². The van der Waals surface area contributed by atoms with Crippen LogP contribution in [0, 0.1) is 0 Å². The fourth-order valence-electron chi connectivity index (χ4n) is 4.01. The zero-order valence-corrected chi connectivity index (χ0v) is 20.1. The first kappa shape index (κ1) is 24.8. The Labute approximate surface area is 204 Å². The highest BCUT2D eigenvalue weighted by Crippen LogP contribution is 2.43. The molecule has 5 unspecified atom stereocenters. The van der Waals surface area contributed by atoms with Crippen molar-refractivity contribution in [3.05, 3.63) is 82.5 Å². The summed E-state index contributed by atoms with van der Waals surface area (Å²) in [6.07, 6.45) is -2.43. The summed E-state index contributed by atoms with van der Waals surface area (Å²) in [5.74, 6) is 0.00291. The number of thioether (sulfide) groups is 1. The maximum atomic E-state index is 12.5. The lowest BCUT2D eigenvalue weighted by atomic mass is 10.00. The van der Waals surface area contributed by atoms with Gasteiger partial charge in [-0.05, 0) is 25.0 Å². The van der Waals surface area contributed by atoms with Gasteiger partial charge in [-0.2, -0.15) is 0 Å². The molecular weight excluding hydrogens is 456 g/mol. The number of aliphatic hydroxyl groups excluding tert-OH is 1. The van der Waals surface area contributed by atoms with Gasteiger partial charge in [-0.15, -0.1) is 11.8 Å². The summed E-state index contributed by atoms with van der Waals surface area (Å²) in [7, 11) is 0. The van der Waals surface area contributed by atoms with Gasteiger partial charge in [0.05, 0.1) is 26.4 Å². The molecule has 1 fully saturated rings. The van der Waals surface area contributed by atoms with Gasteiger partial charge >= 0.3 is 5.97 Å². The van der Waals surface area contributed by atoms with E-state index in [4.69, 9.17) is 23.7 Å². The van der Waals surface area contributed by atoms with Gasteiger partial charge in [-0.25, -0.2) is 4.79 Å². The second-order valence-corrected chi connectivity index (χ2v) is 9.24. The molecule has 0 bridgehead atoms. The minimum atomic E-state index is -0.697. The maximum Gasteiger partial charge on any atom is 0.348 e. The zero-order chi connectivity index (χ0) is 23.9. The van der Waals surface area contributed by atoms with Crippen molar-refractivity contribution in [2.45, 2.75) is 56.9 Å². The van der Waals surface area contributed by atoms with E-state index in [0.717, 1.165) is 11.1 Å². The summed E-state index contributed by atoms with van der Waals surface area (Å²) in [6, 6.07) is 19.6. The molecule has 7 nitrogen and oxygen atoms in total. The number of rotatable bonds is 9. The Kier molecular flexibility index (Phi) is 8.64. The van der Waals surface area contributed by atoms with Gasteiger partial charge in [0.15, 0.2) is 0 Å². The molecule has 182 valence electrons. The minimum absolute atomic E-state index is 0.255. The molecule has 2 heterocycles. The lowest BCUT2D eigenvalue weighted by Gasteiger charge is -2.47. The van der Waals surface area contributed by atoms with Crippen LogP contribution in [0.2, 0.25) is 0 Å². The van der Waals surface area contributed by atoms with E-state index >= 15 is 0 Å². The largest absolute Gasteiger partial charge is 0.467 e. The number of carbonyl (C=O) groups excluding carboxylic acids is 1. The Morgan fingerprint density at radius 1 is 0.971 bits per heavy atom. The third kappa shape index (κ3) is 5.82. The molecule has 0 spiro atoms. The highest BCUT2D eigenvalue weighted by Gasteiger charge is 2.51. The van der Waals surface area contributed by atoms with Crippen LogP contribution >= 0.6 is 11.8 Å². The second-order valence-electron chi connectivity index (χ2n) is 8.05. The first-order valence-electron chi connectivity index (χ1n) is 11.4. The monoisotopic (exact) mass is 486 g/mol. The maximum absolute atomic E-state index is 12.5. The molecule has 0 aliphatic carbocycles. The lowest BCUT2D eigenvalue weighted by molar-refractivity contribution is -0.263. The van der Waals surface area contributed by atoms with Gasteiger partial charge in [-0.3, -0.25) is 0 Å². The van der Waals surface area contributed by atoms with Crippen LogP contribution in [0.25, 0.3) is 0 Å². The Balaban J connectivity index is 1.59.